The number of hydrogen-bond donors (Lipinski definition) is 1. The van der Waals surface area contributed by atoms with Gasteiger partial charge in [0.15, 0.2) is 0 Å². The van der Waals surface area contributed by atoms with E-state index in [-0.39, 0.29) is 5.41 Å². The predicted molar refractivity (Wildman–Crippen MR) is 49.9 cm³/mol. The molecule has 1 rings (SSSR count). The molecule has 0 radical (unpaired) electrons. The molecule has 1 nitrogen and oxygen atoms in total. The zero-order valence-corrected chi connectivity index (χ0v) is 8.28. The summed E-state index contributed by atoms with van der Waals surface area (Å²) >= 11 is 0. The lowest BCUT2D eigenvalue weighted by Gasteiger charge is -2.28. The topological polar surface area (TPSA) is 12.0 Å². The molecule has 0 amide bonds. The lowest BCUT2D eigenvalue weighted by atomic mass is 9.82. The lowest BCUT2D eigenvalue weighted by Crippen LogP contribution is -2.29. The van der Waals surface area contributed by atoms with Gasteiger partial charge >= 0.3 is 6.18 Å². The van der Waals surface area contributed by atoms with Gasteiger partial charge in [-0.25, -0.2) is 0 Å². The first-order valence-electron chi connectivity index (χ1n) is 4.49. The van der Waals surface area contributed by atoms with Crippen LogP contribution in [0.3, 0.4) is 0 Å². The van der Waals surface area contributed by atoms with Gasteiger partial charge in [-0.05, 0) is 13.5 Å². The van der Waals surface area contributed by atoms with Crippen molar-refractivity contribution in [2.45, 2.75) is 19.5 Å². The molecule has 1 N–H and O–H groups in total. The van der Waals surface area contributed by atoms with Crippen molar-refractivity contribution in [1.29, 1.82) is 0 Å². The summed E-state index contributed by atoms with van der Waals surface area (Å²) in [6, 6.07) is 0. The van der Waals surface area contributed by atoms with Gasteiger partial charge in [0.25, 0.3) is 0 Å². The maximum absolute atomic E-state index is 12.2. The minimum absolute atomic E-state index is 0.191. The number of nitrogens with one attached hydrogen (secondary N) is 1. The second kappa shape index (κ2) is 3.77. The lowest BCUT2D eigenvalue weighted by molar-refractivity contribution is -0.0888. The molecule has 0 saturated heterocycles. The van der Waals surface area contributed by atoms with Gasteiger partial charge in [-0.2, -0.15) is 13.2 Å². The van der Waals surface area contributed by atoms with E-state index in [1.807, 2.05) is 6.92 Å². The highest BCUT2D eigenvalue weighted by Gasteiger charge is 2.34. The van der Waals surface area contributed by atoms with Crippen molar-refractivity contribution < 1.29 is 13.2 Å². The predicted octanol–water partition coefficient (Wildman–Crippen LogP) is 2.66. The summed E-state index contributed by atoms with van der Waals surface area (Å²) in [5, 5.41) is 2.97. The third kappa shape index (κ3) is 2.61. The van der Waals surface area contributed by atoms with Crippen LogP contribution in [-0.2, 0) is 0 Å². The SMILES string of the molecule is CNCC1(C)C=CC(C(F)(F)F)=CC1. The molecule has 0 bridgehead atoms. The third-order valence-corrected chi connectivity index (χ3v) is 2.36. The zero-order chi connectivity index (χ0) is 10.8. The van der Waals surface area contributed by atoms with Gasteiger partial charge in [0.05, 0.1) is 5.57 Å². The summed E-state index contributed by atoms with van der Waals surface area (Å²) in [4.78, 5) is 0. The van der Waals surface area contributed by atoms with Gasteiger partial charge < -0.3 is 5.32 Å². The second-order valence-corrected chi connectivity index (χ2v) is 3.88. The first-order valence-corrected chi connectivity index (χ1v) is 4.49. The molecule has 1 atom stereocenters. The molecule has 4 heteroatoms. The maximum atomic E-state index is 12.2. The molecule has 0 aromatic carbocycles. The van der Waals surface area contributed by atoms with Crippen molar-refractivity contribution in [3.05, 3.63) is 23.8 Å². The molecule has 0 spiro atoms. The van der Waals surface area contributed by atoms with E-state index in [1.165, 1.54) is 12.2 Å². The number of alkyl halides is 3. The highest BCUT2D eigenvalue weighted by Crippen LogP contribution is 2.35. The van der Waals surface area contributed by atoms with E-state index in [1.54, 1.807) is 13.1 Å². The molecule has 0 saturated carbocycles. The largest absolute Gasteiger partial charge is 0.416 e. The van der Waals surface area contributed by atoms with Gasteiger partial charge in [0.2, 0.25) is 0 Å². The fraction of sp³-hybridized carbons (Fsp3) is 0.600. The molecule has 14 heavy (non-hydrogen) atoms. The normalized spacial score (nSPS) is 27.6. The monoisotopic (exact) mass is 205 g/mol. The fourth-order valence-electron chi connectivity index (χ4n) is 1.52. The zero-order valence-electron chi connectivity index (χ0n) is 8.28. The molecule has 1 unspecified atom stereocenters. The van der Waals surface area contributed by atoms with E-state index in [4.69, 9.17) is 0 Å². The van der Waals surface area contributed by atoms with Crippen LogP contribution < -0.4 is 5.32 Å². The van der Waals surface area contributed by atoms with Crippen LogP contribution in [0, 0.1) is 5.41 Å². The maximum Gasteiger partial charge on any atom is 0.416 e. The molecule has 0 aromatic heterocycles. The minimum Gasteiger partial charge on any atom is -0.319 e. The highest BCUT2D eigenvalue weighted by atomic mass is 19.4. The van der Waals surface area contributed by atoms with Gasteiger partial charge in [-0.3, -0.25) is 0 Å². The van der Waals surface area contributed by atoms with E-state index >= 15 is 0 Å². The van der Waals surface area contributed by atoms with Gasteiger partial charge in [-0.15, -0.1) is 0 Å². The Bertz CT molecular complexity index is 265. The fourth-order valence-corrected chi connectivity index (χ4v) is 1.52. The smallest absolute Gasteiger partial charge is 0.319 e. The van der Waals surface area contributed by atoms with Crippen molar-refractivity contribution in [2.24, 2.45) is 5.41 Å². The summed E-state index contributed by atoms with van der Waals surface area (Å²) < 4.78 is 36.7. The number of halogens is 3. The molecule has 0 aromatic rings. The van der Waals surface area contributed by atoms with Crippen LogP contribution in [0.1, 0.15) is 13.3 Å². The Morgan fingerprint density at radius 2 is 2.14 bits per heavy atom. The Kier molecular flexibility index (Phi) is 3.04. The Morgan fingerprint density at radius 3 is 2.50 bits per heavy atom. The van der Waals surface area contributed by atoms with E-state index in [0.29, 0.717) is 13.0 Å². The molecule has 1 aliphatic rings. The first kappa shape index (κ1) is 11.3. The Hall–Kier alpha value is -0.770. The van der Waals surface area contributed by atoms with Crippen molar-refractivity contribution >= 4 is 0 Å². The summed E-state index contributed by atoms with van der Waals surface area (Å²) in [6.45, 7) is 2.62. The molecular weight excluding hydrogens is 191 g/mol. The third-order valence-electron chi connectivity index (χ3n) is 2.36. The Morgan fingerprint density at radius 1 is 1.50 bits per heavy atom. The number of allylic oxidation sites excluding steroid dienone is 3. The van der Waals surface area contributed by atoms with Crippen LogP contribution in [-0.4, -0.2) is 19.8 Å². The minimum atomic E-state index is -4.21. The molecule has 1 aliphatic carbocycles. The van der Waals surface area contributed by atoms with Crippen LogP contribution in [0.4, 0.5) is 13.2 Å². The Labute approximate surface area is 81.7 Å². The van der Waals surface area contributed by atoms with Crippen LogP contribution in [0.25, 0.3) is 0 Å². The number of hydrogen-bond acceptors (Lipinski definition) is 1. The van der Waals surface area contributed by atoms with Crippen molar-refractivity contribution in [1.82, 2.24) is 5.32 Å². The summed E-state index contributed by atoms with van der Waals surface area (Å²) in [7, 11) is 1.79. The summed E-state index contributed by atoms with van der Waals surface area (Å²) in [5.41, 5.74) is -0.727. The van der Waals surface area contributed by atoms with Gasteiger partial charge in [-0.1, -0.05) is 25.2 Å². The second-order valence-electron chi connectivity index (χ2n) is 3.88. The first-order chi connectivity index (χ1) is 6.37. The van der Waals surface area contributed by atoms with E-state index in [0.717, 1.165) is 0 Å². The summed E-state index contributed by atoms with van der Waals surface area (Å²) in [6.07, 6.45) is 0.279. The average Bonchev–Trinajstić information content (AvgIpc) is 2.03. The van der Waals surface area contributed by atoms with Crippen molar-refractivity contribution in [3.63, 3.8) is 0 Å². The average molecular weight is 205 g/mol. The molecule has 0 aliphatic heterocycles. The molecule has 80 valence electrons. The van der Waals surface area contributed by atoms with Crippen molar-refractivity contribution in [2.75, 3.05) is 13.6 Å². The Balaban J connectivity index is 2.71. The van der Waals surface area contributed by atoms with Crippen molar-refractivity contribution in [3.8, 4) is 0 Å². The highest BCUT2D eigenvalue weighted by molar-refractivity contribution is 5.30. The molecular formula is C10H14F3N. The van der Waals surface area contributed by atoms with Crippen LogP contribution in [0.15, 0.2) is 23.8 Å². The van der Waals surface area contributed by atoms with E-state index < -0.39 is 11.7 Å². The van der Waals surface area contributed by atoms with Crippen LogP contribution in [0.5, 0.6) is 0 Å². The summed E-state index contributed by atoms with van der Waals surface area (Å²) in [5.74, 6) is 0. The van der Waals surface area contributed by atoms with Crippen LogP contribution >= 0.6 is 0 Å². The van der Waals surface area contributed by atoms with Crippen LogP contribution in [0.2, 0.25) is 0 Å². The van der Waals surface area contributed by atoms with Gasteiger partial charge in [0.1, 0.15) is 0 Å². The number of rotatable bonds is 2. The quantitative estimate of drug-likeness (QED) is 0.730. The molecule has 0 fully saturated rings. The van der Waals surface area contributed by atoms with E-state index in [2.05, 4.69) is 5.32 Å². The molecule has 0 heterocycles. The van der Waals surface area contributed by atoms with Gasteiger partial charge in [0, 0.05) is 12.0 Å². The standard InChI is InChI=1S/C10H14F3N/c1-9(7-14-2)5-3-8(4-6-9)10(11,12)13/h3-5,14H,6-7H2,1-2H3. The van der Waals surface area contributed by atoms with E-state index in [9.17, 15) is 13.2 Å².